The maximum Gasteiger partial charge on any atom is 0.0159 e. The van der Waals surface area contributed by atoms with E-state index in [4.69, 9.17) is 0 Å². The van der Waals surface area contributed by atoms with Crippen molar-refractivity contribution in [1.29, 1.82) is 0 Å². The smallest absolute Gasteiger partial charge is 0.0159 e. The Balaban J connectivity index is 0.867. The molecule has 0 saturated carbocycles. The quantitative estimate of drug-likeness (QED) is 0.125. The van der Waals surface area contributed by atoms with Crippen molar-refractivity contribution in [2.75, 3.05) is 0 Å². The second kappa shape index (κ2) is 12.2. The molecule has 272 valence electrons. The molecular weight excluding hydrogens is 697 g/mol. The summed E-state index contributed by atoms with van der Waals surface area (Å²) >= 11 is 0. The van der Waals surface area contributed by atoms with Crippen LogP contribution in [0.25, 0.3) is 109 Å². The fourth-order valence-electron chi connectivity index (χ4n) is 10.4. The van der Waals surface area contributed by atoms with Crippen LogP contribution in [0.15, 0.2) is 188 Å². The van der Waals surface area contributed by atoms with Crippen LogP contribution >= 0.6 is 0 Å². The van der Waals surface area contributed by atoms with Crippen molar-refractivity contribution >= 4 is 53.9 Å². The summed E-state index contributed by atoms with van der Waals surface area (Å²) in [6.07, 6.45) is 0. The number of hydrogen-bond acceptors (Lipinski definition) is 0. The Hall–Kier alpha value is -7.02. The van der Waals surface area contributed by atoms with Gasteiger partial charge in [0.15, 0.2) is 0 Å². The molecule has 0 heteroatoms. The van der Waals surface area contributed by atoms with Crippen LogP contribution in [0.1, 0.15) is 30.5 Å². The fourth-order valence-corrected chi connectivity index (χ4v) is 10.4. The molecule has 0 aliphatic heterocycles. The summed E-state index contributed by atoms with van der Waals surface area (Å²) in [5, 5.41) is 13.2. The summed E-state index contributed by atoms with van der Waals surface area (Å²) in [4.78, 5) is 0. The number of rotatable bonds is 4. The number of fused-ring (bicyclic) bond motifs is 5. The molecule has 0 atom stereocenters. The van der Waals surface area contributed by atoms with Gasteiger partial charge in [0.25, 0.3) is 0 Å². The zero-order chi connectivity index (χ0) is 38.7. The van der Waals surface area contributed by atoms with Gasteiger partial charge in [0.05, 0.1) is 0 Å². The first kappa shape index (κ1) is 33.2. The van der Waals surface area contributed by atoms with Gasteiger partial charge in [-0.25, -0.2) is 0 Å². The normalized spacial score (nSPS) is 13.2. The minimum absolute atomic E-state index is 0.127. The van der Waals surface area contributed by atoms with E-state index in [9.17, 15) is 0 Å². The predicted octanol–water partition coefficient (Wildman–Crippen LogP) is 16.2. The summed E-state index contributed by atoms with van der Waals surface area (Å²) in [6, 6.07) is 70.6. The zero-order valence-electron chi connectivity index (χ0n) is 32.9. The second-order valence-electron chi connectivity index (χ2n) is 16.9. The Labute approximate surface area is 339 Å². The Bertz CT molecular complexity index is 3380. The van der Waals surface area contributed by atoms with Crippen molar-refractivity contribution < 1.29 is 0 Å². The molecule has 1 aliphatic carbocycles. The number of aryl methyl sites for hydroxylation is 1. The van der Waals surface area contributed by atoms with Crippen molar-refractivity contribution in [1.82, 2.24) is 0 Å². The maximum absolute atomic E-state index is 2.44. The van der Waals surface area contributed by atoms with Crippen LogP contribution in [0.2, 0.25) is 0 Å². The summed E-state index contributed by atoms with van der Waals surface area (Å²) in [6.45, 7) is 7.02. The van der Waals surface area contributed by atoms with Gasteiger partial charge in [0.2, 0.25) is 0 Å². The van der Waals surface area contributed by atoms with E-state index in [2.05, 4.69) is 209 Å². The van der Waals surface area contributed by atoms with E-state index in [1.807, 2.05) is 0 Å². The average Bonchev–Trinajstić information content (AvgIpc) is 3.50. The molecule has 1 aliphatic rings. The standard InChI is InChI=1S/C58H40/c1-35-45-11-4-6-13-50(45)56(51-14-7-5-12-46(35)51)41-21-17-37(18-22-41)44-28-31-49-48-30-27-43(33-53(48)58(2,3)54(49)34-44)36-15-19-38(20-16-36)47-29-25-42-24-23-39-9-8-10-40-26-32-52(47)57(42)55(39)40/h4-34H,1-3H3. The Morgan fingerprint density at radius 3 is 1.31 bits per heavy atom. The first-order chi connectivity index (χ1) is 28.4. The largest absolute Gasteiger partial charge is 0.0616 e. The van der Waals surface area contributed by atoms with Gasteiger partial charge in [-0.05, 0) is 145 Å². The highest BCUT2D eigenvalue weighted by atomic mass is 14.4. The van der Waals surface area contributed by atoms with Crippen LogP contribution in [0.3, 0.4) is 0 Å². The van der Waals surface area contributed by atoms with Crippen molar-refractivity contribution in [2.45, 2.75) is 26.2 Å². The van der Waals surface area contributed by atoms with Gasteiger partial charge in [-0.2, -0.15) is 0 Å². The predicted molar refractivity (Wildman–Crippen MR) is 249 cm³/mol. The van der Waals surface area contributed by atoms with Crippen LogP contribution in [-0.4, -0.2) is 0 Å². The molecule has 12 rings (SSSR count). The minimum atomic E-state index is -0.127. The Kier molecular flexibility index (Phi) is 7.00. The summed E-state index contributed by atoms with van der Waals surface area (Å²) < 4.78 is 0. The van der Waals surface area contributed by atoms with Gasteiger partial charge in [-0.3, -0.25) is 0 Å². The van der Waals surface area contributed by atoms with E-state index < -0.39 is 0 Å². The lowest BCUT2D eigenvalue weighted by Crippen LogP contribution is -2.15. The molecule has 0 amide bonds. The molecule has 0 bridgehead atoms. The van der Waals surface area contributed by atoms with Gasteiger partial charge < -0.3 is 0 Å². The van der Waals surface area contributed by atoms with Gasteiger partial charge in [-0.15, -0.1) is 0 Å². The first-order valence-electron chi connectivity index (χ1n) is 20.5. The Morgan fingerprint density at radius 2 is 0.741 bits per heavy atom. The van der Waals surface area contributed by atoms with Crippen molar-refractivity contribution in [3.05, 3.63) is 205 Å². The van der Waals surface area contributed by atoms with E-state index in [0.29, 0.717) is 0 Å². The van der Waals surface area contributed by atoms with Crippen LogP contribution < -0.4 is 0 Å². The summed E-state index contributed by atoms with van der Waals surface area (Å²) in [5.41, 5.74) is 16.8. The molecule has 58 heavy (non-hydrogen) atoms. The molecule has 0 spiro atoms. The summed E-state index contributed by atoms with van der Waals surface area (Å²) in [5.74, 6) is 0. The minimum Gasteiger partial charge on any atom is -0.0616 e. The lowest BCUT2D eigenvalue weighted by atomic mass is 9.80. The molecule has 0 fully saturated rings. The van der Waals surface area contributed by atoms with E-state index in [0.717, 1.165) is 0 Å². The highest BCUT2D eigenvalue weighted by molar-refractivity contribution is 6.25. The van der Waals surface area contributed by atoms with Crippen LogP contribution in [0, 0.1) is 6.92 Å². The van der Waals surface area contributed by atoms with Crippen LogP contribution in [0.4, 0.5) is 0 Å². The van der Waals surface area contributed by atoms with Crippen LogP contribution in [0.5, 0.6) is 0 Å². The van der Waals surface area contributed by atoms with Gasteiger partial charge in [-0.1, -0.05) is 190 Å². The zero-order valence-corrected chi connectivity index (χ0v) is 32.9. The van der Waals surface area contributed by atoms with Gasteiger partial charge >= 0.3 is 0 Å². The average molecular weight is 737 g/mol. The lowest BCUT2D eigenvalue weighted by Gasteiger charge is -2.23. The molecular formula is C58H40. The molecule has 0 aromatic heterocycles. The highest BCUT2D eigenvalue weighted by Gasteiger charge is 2.36. The van der Waals surface area contributed by atoms with Crippen molar-refractivity contribution in [3.8, 4) is 55.6 Å². The molecule has 0 nitrogen and oxygen atoms in total. The first-order valence-corrected chi connectivity index (χ1v) is 20.5. The van der Waals surface area contributed by atoms with E-state index in [1.165, 1.54) is 126 Å². The topological polar surface area (TPSA) is 0 Å². The maximum atomic E-state index is 2.44. The molecule has 0 heterocycles. The molecule has 11 aromatic carbocycles. The molecule has 0 radical (unpaired) electrons. The fraction of sp³-hybridized carbons (Fsp3) is 0.0690. The monoisotopic (exact) mass is 736 g/mol. The number of benzene rings is 11. The van der Waals surface area contributed by atoms with Crippen molar-refractivity contribution in [3.63, 3.8) is 0 Å². The van der Waals surface area contributed by atoms with E-state index in [-0.39, 0.29) is 5.41 Å². The van der Waals surface area contributed by atoms with Gasteiger partial charge in [0.1, 0.15) is 0 Å². The third kappa shape index (κ3) is 4.76. The highest BCUT2D eigenvalue weighted by Crippen LogP contribution is 2.51. The lowest BCUT2D eigenvalue weighted by molar-refractivity contribution is 0.661. The molecule has 11 aromatic rings. The Morgan fingerprint density at radius 1 is 0.310 bits per heavy atom. The van der Waals surface area contributed by atoms with E-state index in [1.54, 1.807) is 0 Å². The molecule has 0 saturated heterocycles. The third-order valence-electron chi connectivity index (χ3n) is 13.4. The van der Waals surface area contributed by atoms with Crippen LogP contribution in [-0.2, 0) is 5.41 Å². The SMILES string of the molecule is Cc1c2ccccc2c(-c2ccc(-c3ccc4c(c3)C(C)(C)c3cc(-c5ccc(-c6ccc7ccc8cccc9ccc6c7c89)cc5)ccc3-4)cc2)c2ccccc12. The second-order valence-corrected chi connectivity index (χ2v) is 16.9. The summed E-state index contributed by atoms with van der Waals surface area (Å²) in [7, 11) is 0. The molecule has 0 unspecified atom stereocenters. The van der Waals surface area contributed by atoms with Gasteiger partial charge in [0, 0.05) is 5.41 Å². The van der Waals surface area contributed by atoms with Crippen molar-refractivity contribution in [2.24, 2.45) is 0 Å². The third-order valence-corrected chi connectivity index (χ3v) is 13.4. The van der Waals surface area contributed by atoms with E-state index >= 15 is 0 Å². The molecule has 0 N–H and O–H groups in total. The number of hydrogen-bond donors (Lipinski definition) is 0.